The number of aromatic nitrogens is 2. The van der Waals surface area contributed by atoms with Crippen LogP contribution in [0.5, 0.6) is 0 Å². The number of carbonyl (C=O) groups is 2. The van der Waals surface area contributed by atoms with E-state index in [4.69, 9.17) is 5.10 Å². The summed E-state index contributed by atoms with van der Waals surface area (Å²) in [6, 6.07) is 17.3. The number of amides is 3. The van der Waals surface area contributed by atoms with Crippen molar-refractivity contribution in [3.8, 4) is 5.69 Å². The van der Waals surface area contributed by atoms with E-state index in [9.17, 15) is 9.59 Å². The summed E-state index contributed by atoms with van der Waals surface area (Å²) in [4.78, 5) is 27.9. The van der Waals surface area contributed by atoms with Gasteiger partial charge in [-0.05, 0) is 43.4 Å². The van der Waals surface area contributed by atoms with Crippen molar-refractivity contribution < 1.29 is 9.59 Å². The number of likely N-dealkylation sites (tertiary alicyclic amines) is 1. The van der Waals surface area contributed by atoms with E-state index < -0.39 is 6.04 Å². The van der Waals surface area contributed by atoms with Crippen LogP contribution in [0.2, 0.25) is 0 Å². The number of urea groups is 1. The molecular formula is C27H35N5O2. The van der Waals surface area contributed by atoms with Gasteiger partial charge >= 0.3 is 6.03 Å². The number of hydrogen-bond donors (Lipinski definition) is 2. The second kappa shape index (κ2) is 11.2. The highest BCUT2D eigenvalue weighted by molar-refractivity contribution is 5.88. The van der Waals surface area contributed by atoms with Gasteiger partial charge in [-0.25, -0.2) is 9.48 Å². The number of nitrogens with one attached hydrogen (secondary N) is 2. The van der Waals surface area contributed by atoms with Crippen molar-refractivity contribution >= 4 is 22.8 Å². The van der Waals surface area contributed by atoms with Crippen LogP contribution in [-0.4, -0.2) is 45.8 Å². The summed E-state index contributed by atoms with van der Waals surface area (Å²) >= 11 is 0. The minimum Gasteiger partial charge on any atom is -0.349 e. The standard InChI is InChI=1S/C27H35N5O2/c1-20(2)18-23(29-27(34)31-16-10-3-4-11-17-31)26(33)28-19-24-22-14-8-9-15-25(22)32(30-24)21-12-6-5-7-13-21/h5-9,12-15,20,23H,3-4,10-11,16-19H2,1-2H3,(H,28,33)(H,29,34). The van der Waals surface area contributed by atoms with Gasteiger partial charge in [-0.15, -0.1) is 0 Å². The summed E-state index contributed by atoms with van der Waals surface area (Å²) in [5.41, 5.74) is 2.76. The van der Waals surface area contributed by atoms with Crippen LogP contribution in [0.4, 0.5) is 4.79 Å². The van der Waals surface area contributed by atoms with Gasteiger partial charge in [-0.3, -0.25) is 4.79 Å². The van der Waals surface area contributed by atoms with Crippen molar-refractivity contribution in [2.75, 3.05) is 13.1 Å². The molecular weight excluding hydrogens is 426 g/mol. The Morgan fingerprint density at radius 2 is 1.62 bits per heavy atom. The number of fused-ring (bicyclic) bond motifs is 1. The van der Waals surface area contributed by atoms with E-state index in [-0.39, 0.29) is 17.9 Å². The number of para-hydroxylation sites is 2. The normalized spacial score (nSPS) is 15.2. The fourth-order valence-electron chi connectivity index (χ4n) is 4.54. The Morgan fingerprint density at radius 3 is 2.32 bits per heavy atom. The molecule has 2 heterocycles. The molecule has 1 aliphatic rings. The second-order valence-electron chi connectivity index (χ2n) is 9.46. The molecule has 1 saturated heterocycles. The highest BCUT2D eigenvalue weighted by Gasteiger charge is 2.25. The molecule has 0 aliphatic carbocycles. The van der Waals surface area contributed by atoms with E-state index in [1.165, 1.54) is 0 Å². The van der Waals surface area contributed by atoms with Gasteiger partial charge in [0.2, 0.25) is 5.91 Å². The zero-order valence-corrected chi connectivity index (χ0v) is 20.2. The molecule has 0 radical (unpaired) electrons. The van der Waals surface area contributed by atoms with Gasteiger partial charge in [-0.2, -0.15) is 5.10 Å². The monoisotopic (exact) mass is 461 g/mol. The molecule has 1 unspecified atom stereocenters. The third kappa shape index (κ3) is 5.76. The van der Waals surface area contributed by atoms with E-state index in [0.717, 1.165) is 61.1 Å². The lowest BCUT2D eigenvalue weighted by Gasteiger charge is -2.26. The molecule has 3 aromatic rings. The highest BCUT2D eigenvalue weighted by Crippen LogP contribution is 2.22. The molecule has 1 fully saturated rings. The number of rotatable bonds is 7. The summed E-state index contributed by atoms with van der Waals surface area (Å²) in [6.07, 6.45) is 4.94. The van der Waals surface area contributed by atoms with Crippen LogP contribution in [0.25, 0.3) is 16.6 Å². The van der Waals surface area contributed by atoms with Gasteiger partial charge in [0.25, 0.3) is 0 Å². The lowest BCUT2D eigenvalue weighted by Crippen LogP contribution is -2.51. The zero-order valence-electron chi connectivity index (χ0n) is 20.2. The molecule has 1 aliphatic heterocycles. The molecule has 2 N–H and O–H groups in total. The Bertz CT molecular complexity index is 1100. The quantitative estimate of drug-likeness (QED) is 0.538. The SMILES string of the molecule is CC(C)CC(NC(=O)N1CCCCCC1)C(=O)NCc1nn(-c2ccccc2)c2ccccc12. The molecule has 0 bridgehead atoms. The Morgan fingerprint density at radius 1 is 0.941 bits per heavy atom. The lowest BCUT2D eigenvalue weighted by molar-refractivity contribution is -0.123. The van der Waals surface area contributed by atoms with Crippen molar-refractivity contribution in [1.29, 1.82) is 0 Å². The van der Waals surface area contributed by atoms with E-state index in [2.05, 4.69) is 24.5 Å². The topological polar surface area (TPSA) is 79.3 Å². The fraction of sp³-hybridized carbons (Fsp3) is 0.444. The number of nitrogens with zero attached hydrogens (tertiary/aromatic N) is 3. The van der Waals surface area contributed by atoms with Crippen LogP contribution in [-0.2, 0) is 11.3 Å². The number of carbonyl (C=O) groups excluding carboxylic acids is 2. The molecule has 4 rings (SSSR count). The first-order valence-corrected chi connectivity index (χ1v) is 12.4. The van der Waals surface area contributed by atoms with Crippen molar-refractivity contribution in [2.24, 2.45) is 5.92 Å². The molecule has 1 atom stereocenters. The van der Waals surface area contributed by atoms with Gasteiger partial charge < -0.3 is 15.5 Å². The van der Waals surface area contributed by atoms with E-state index >= 15 is 0 Å². The molecule has 7 nitrogen and oxygen atoms in total. The van der Waals surface area contributed by atoms with Crippen molar-refractivity contribution in [3.63, 3.8) is 0 Å². The van der Waals surface area contributed by atoms with Crippen LogP contribution >= 0.6 is 0 Å². The average Bonchev–Trinajstić information content (AvgIpc) is 3.00. The zero-order chi connectivity index (χ0) is 23.9. The van der Waals surface area contributed by atoms with Gasteiger partial charge in [0.1, 0.15) is 6.04 Å². The Kier molecular flexibility index (Phi) is 7.83. The maximum Gasteiger partial charge on any atom is 0.318 e. The molecule has 34 heavy (non-hydrogen) atoms. The van der Waals surface area contributed by atoms with Crippen molar-refractivity contribution in [2.45, 2.75) is 58.5 Å². The summed E-state index contributed by atoms with van der Waals surface area (Å²) < 4.78 is 1.91. The van der Waals surface area contributed by atoms with Crippen LogP contribution in [0, 0.1) is 5.92 Å². The minimum absolute atomic E-state index is 0.137. The number of hydrogen-bond acceptors (Lipinski definition) is 3. The summed E-state index contributed by atoms with van der Waals surface area (Å²) in [5, 5.41) is 11.8. The van der Waals surface area contributed by atoms with Crippen LogP contribution < -0.4 is 10.6 Å². The molecule has 1 aromatic heterocycles. The highest BCUT2D eigenvalue weighted by atomic mass is 16.2. The fourth-order valence-corrected chi connectivity index (χ4v) is 4.54. The predicted octanol–water partition coefficient (Wildman–Crippen LogP) is 4.64. The molecule has 180 valence electrons. The smallest absolute Gasteiger partial charge is 0.318 e. The van der Waals surface area contributed by atoms with Crippen LogP contribution in [0.1, 0.15) is 51.6 Å². The van der Waals surface area contributed by atoms with Crippen molar-refractivity contribution in [1.82, 2.24) is 25.3 Å². The summed E-state index contributed by atoms with van der Waals surface area (Å²) in [7, 11) is 0. The first kappa shape index (κ1) is 23.8. The van der Waals surface area contributed by atoms with E-state index in [0.29, 0.717) is 13.0 Å². The Hall–Kier alpha value is -3.35. The molecule has 0 saturated carbocycles. The maximum atomic E-state index is 13.2. The molecule has 0 spiro atoms. The average molecular weight is 462 g/mol. The third-order valence-corrected chi connectivity index (χ3v) is 6.31. The molecule has 2 aromatic carbocycles. The Balaban J connectivity index is 1.48. The first-order valence-electron chi connectivity index (χ1n) is 12.4. The Labute approximate surface area is 201 Å². The molecule has 3 amide bonds. The predicted molar refractivity (Wildman–Crippen MR) is 135 cm³/mol. The lowest BCUT2D eigenvalue weighted by atomic mass is 10.0. The van der Waals surface area contributed by atoms with E-state index in [1.807, 2.05) is 64.2 Å². The number of benzene rings is 2. The second-order valence-corrected chi connectivity index (χ2v) is 9.46. The van der Waals surface area contributed by atoms with Gasteiger partial charge in [0.05, 0.1) is 23.4 Å². The van der Waals surface area contributed by atoms with Gasteiger partial charge in [0.15, 0.2) is 0 Å². The first-order chi connectivity index (χ1) is 16.5. The van der Waals surface area contributed by atoms with Gasteiger partial charge in [-0.1, -0.05) is 63.1 Å². The van der Waals surface area contributed by atoms with Gasteiger partial charge in [0, 0.05) is 18.5 Å². The maximum absolute atomic E-state index is 13.2. The third-order valence-electron chi connectivity index (χ3n) is 6.31. The van der Waals surface area contributed by atoms with Crippen LogP contribution in [0.15, 0.2) is 54.6 Å². The van der Waals surface area contributed by atoms with Crippen LogP contribution in [0.3, 0.4) is 0 Å². The van der Waals surface area contributed by atoms with Crippen molar-refractivity contribution in [3.05, 3.63) is 60.3 Å². The van der Waals surface area contributed by atoms with E-state index in [1.54, 1.807) is 0 Å². The summed E-state index contributed by atoms with van der Waals surface area (Å²) in [5.74, 6) is 0.105. The largest absolute Gasteiger partial charge is 0.349 e. The summed E-state index contributed by atoms with van der Waals surface area (Å²) in [6.45, 7) is 5.93. The minimum atomic E-state index is -0.571. The molecule has 7 heteroatoms.